The molecule has 2 atom stereocenters. The molecule has 1 aromatic rings. The average molecular weight is 236 g/mol. The number of rotatable bonds is 3. The van der Waals surface area contributed by atoms with E-state index in [1.54, 1.807) is 6.33 Å². The minimum Gasteiger partial charge on any atom is -0.391 e. The second-order valence-electron chi connectivity index (χ2n) is 4.57. The minimum atomic E-state index is -0.263. The van der Waals surface area contributed by atoms with Crippen LogP contribution in [-0.4, -0.2) is 40.8 Å². The van der Waals surface area contributed by atoms with Gasteiger partial charge in [-0.1, -0.05) is 6.92 Å². The molecule has 2 rings (SSSR count). The van der Waals surface area contributed by atoms with Crippen LogP contribution in [0.5, 0.6) is 0 Å². The van der Waals surface area contributed by atoms with Crippen molar-refractivity contribution >= 4 is 11.6 Å². The van der Waals surface area contributed by atoms with Gasteiger partial charge in [0.25, 0.3) is 0 Å². The Labute approximate surface area is 102 Å². The van der Waals surface area contributed by atoms with Crippen LogP contribution in [0.3, 0.4) is 0 Å². The molecule has 0 aromatic carbocycles. The van der Waals surface area contributed by atoms with Crippen LogP contribution in [0, 0.1) is 5.92 Å². The Morgan fingerprint density at radius 3 is 3.06 bits per heavy atom. The van der Waals surface area contributed by atoms with Crippen molar-refractivity contribution in [2.75, 3.05) is 29.9 Å². The Kier molecular flexibility index (Phi) is 3.78. The van der Waals surface area contributed by atoms with Gasteiger partial charge >= 0.3 is 0 Å². The number of nitrogens with zero attached hydrogens (tertiary/aromatic N) is 3. The molecule has 94 valence electrons. The molecule has 0 radical (unpaired) electrons. The summed E-state index contributed by atoms with van der Waals surface area (Å²) in [6, 6.07) is 1.94. The number of nitrogens with one attached hydrogen (secondary N) is 1. The Balaban J connectivity index is 2.09. The number of piperidine rings is 1. The number of aliphatic hydroxyl groups is 1. The van der Waals surface area contributed by atoms with Gasteiger partial charge < -0.3 is 15.3 Å². The van der Waals surface area contributed by atoms with Crippen LogP contribution in [0.4, 0.5) is 11.6 Å². The predicted octanol–water partition coefficient (Wildman–Crippen LogP) is 1.12. The lowest BCUT2D eigenvalue weighted by Gasteiger charge is -2.35. The maximum absolute atomic E-state index is 9.88. The maximum atomic E-state index is 9.88. The first-order chi connectivity index (χ1) is 8.20. The monoisotopic (exact) mass is 236 g/mol. The number of hydrogen-bond donors (Lipinski definition) is 2. The fourth-order valence-corrected chi connectivity index (χ4v) is 2.05. The molecule has 2 unspecified atom stereocenters. The van der Waals surface area contributed by atoms with Crippen molar-refractivity contribution in [3.05, 3.63) is 12.4 Å². The molecule has 1 saturated heterocycles. The topological polar surface area (TPSA) is 61.3 Å². The number of β-amino-alcohol motifs (C(OH)–C–C–N with tert-alkyl or cyclic N) is 1. The van der Waals surface area contributed by atoms with Crippen LogP contribution in [-0.2, 0) is 0 Å². The first kappa shape index (κ1) is 12.1. The van der Waals surface area contributed by atoms with E-state index in [2.05, 4.69) is 27.1 Å². The molecular formula is C12H20N4O. The van der Waals surface area contributed by atoms with Crippen molar-refractivity contribution in [2.24, 2.45) is 5.92 Å². The van der Waals surface area contributed by atoms with Crippen LogP contribution < -0.4 is 10.2 Å². The third-order valence-corrected chi connectivity index (χ3v) is 3.25. The first-order valence-corrected chi connectivity index (χ1v) is 6.19. The predicted molar refractivity (Wildman–Crippen MR) is 68.2 cm³/mol. The minimum absolute atomic E-state index is 0.263. The average Bonchev–Trinajstić information content (AvgIpc) is 2.33. The summed E-state index contributed by atoms with van der Waals surface area (Å²) in [5.74, 6) is 2.11. The third-order valence-electron chi connectivity index (χ3n) is 3.25. The molecule has 1 aromatic heterocycles. The van der Waals surface area contributed by atoms with Gasteiger partial charge in [-0.25, -0.2) is 9.97 Å². The Hall–Kier alpha value is -1.36. The first-order valence-electron chi connectivity index (χ1n) is 6.19. The second-order valence-corrected chi connectivity index (χ2v) is 4.57. The van der Waals surface area contributed by atoms with E-state index in [1.165, 1.54) is 0 Å². The van der Waals surface area contributed by atoms with E-state index in [0.717, 1.165) is 31.1 Å². The summed E-state index contributed by atoms with van der Waals surface area (Å²) < 4.78 is 0. The number of hydrogen-bond acceptors (Lipinski definition) is 5. The Morgan fingerprint density at radius 1 is 1.53 bits per heavy atom. The lowest BCUT2D eigenvalue weighted by molar-refractivity contribution is 0.102. The molecule has 5 heteroatoms. The van der Waals surface area contributed by atoms with Gasteiger partial charge in [-0.2, -0.15) is 0 Å². The summed E-state index contributed by atoms with van der Waals surface area (Å²) in [5, 5.41) is 13.0. The van der Waals surface area contributed by atoms with E-state index in [-0.39, 0.29) is 6.10 Å². The maximum Gasteiger partial charge on any atom is 0.134 e. The normalized spacial score (nSPS) is 24.8. The lowest BCUT2D eigenvalue weighted by atomic mass is 9.96. The van der Waals surface area contributed by atoms with Crippen molar-refractivity contribution in [2.45, 2.75) is 26.4 Å². The summed E-state index contributed by atoms with van der Waals surface area (Å²) in [4.78, 5) is 10.5. The zero-order valence-corrected chi connectivity index (χ0v) is 10.4. The molecule has 0 amide bonds. The second kappa shape index (κ2) is 5.31. The quantitative estimate of drug-likeness (QED) is 0.823. The van der Waals surface area contributed by atoms with E-state index in [4.69, 9.17) is 0 Å². The van der Waals surface area contributed by atoms with Gasteiger partial charge in [0.2, 0.25) is 0 Å². The van der Waals surface area contributed by atoms with E-state index in [9.17, 15) is 5.11 Å². The van der Waals surface area contributed by atoms with Gasteiger partial charge in [-0.15, -0.1) is 0 Å². The molecule has 0 spiro atoms. The molecule has 0 saturated carbocycles. The highest BCUT2D eigenvalue weighted by molar-refractivity contribution is 5.48. The van der Waals surface area contributed by atoms with Crippen LogP contribution >= 0.6 is 0 Å². The molecule has 2 N–H and O–H groups in total. The van der Waals surface area contributed by atoms with E-state index in [1.807, 2.05) is 13.0 Å². The molecule has 17 heavy (non-hydrogen) atoms. The highest BCUT2D eigenvalue weighted by atomic mass is 16.3. The number of aromatic nitrogens is 2. The molecule has 5 nitrogen and oxygen atoms in total. The number of aliphatic hydroxyl groups excluding tert-OH is 1. The zero-order valence-electron chi connectivity index (χ0n) is 10.4. The van der Waals surface area contributed by atoms with Crippen LogP contribution in [0.25, 0.3) is 0 Å². The van der Waals surface area contributed by atoms with Crippen molar-refractivity contribution in [3.8, 4) is 0 Å². The van der Waals surface area contributed by atoms with Gasteiger partial charge in [0.05, 0.1) is 6.10 Å². The summed E-state index contributed by atoms with van der Waals surface area (Å²) in [6.07, 6.45) is 2.31. The van der Waals surface area contributed by atoms with Crippen molar-refractivity contribution < 1.29 is 5.11 Å². The highest BCUT2D eigenvalue weighted by Gasteiger charge is 2.25. The molecule has 1 aliphatic rings. The summed E-state index contributed by atoms with van der Waals surface area (Å²) >= 11 is 0. The van der Waals surface area contributed by atoms with Gasteiger partial charge in [0.1, 0.15) is 18.0 Å². The standard InChI is InChI=1S/C12H20N4O/c1-3-13-11-6-12(15-8-14-11)16-5-4-9(2)10(17)7-16/h6,8-10,17H,3-5,7H2,1-2H3,(H,13,14,15). The van der Waals surface area contributed by atoms with E-state index < -0.39 is 0 Å². The van der Waals surface area contributed by atoms with Crippen LogP contribution in [0.2, 0.25) is 0 Å². The summed E-state index contributed by atoms with van der Waals surface area (Å²) in [6.45, 7) is 6.57. The smallest absolute Gasteiger partial charge is 0.134 e. The zero-order chi connectivity index (χ0) is 12.3. The third kappa shape index (κ3) is 2.85. The Morgan fingerprint density at radius 2 is 2.35 bits per heavy atom. The molecular weight excluding hydrogens is 216 g/mol. The van der Waals surface area contributed by atoms with Crippen molar-refractivity contribution in [3.63, 3.8) is 0 Å². The van der Waals surface area contributed by atoms with E-state index >= 15 is 0 Å². The molecule has 0 bridgehead atoms. The fraction of sp³-hybridized carbons (Fsp3) is 0.667. The van der Waals surface area contributed by atoms with Crippen molar-refractivity contribution in [1.82, 2.24) is 9.97 Å². The van der Waals surface area contributed by atoms with Gasteiger partial charge in [-0.05, 0) is 19.3 Å². The van der Waals surface area contributed by atoms with Gasteiger partial charge in [0, 0.05) is 25.7 Å². The largest absolute Gasteiger partial charge is 0.391 e. The van der Waals surface area contributed by atoms with Crippen LogP contribution in [0.15, 0.2) is 12.4 Å². The SMILES string of the molecule is CCNc1cc(N2CCC(C)C(O)C2)ncn1. The van der Waals surface area contributed by atoms with Crippen LogP contribution in [0.1, 0.15) is 20.3 Å². The highest BCUT2D eigenvalue weighted by Crippen LogP contribution is 2.22. The molecule has 2 heterocycles. The van der Waals surface area contributed by atoms with Crippen molar-refractivity contribution in [1.29, 1.82) is 0 Å². The molecule has 1 aliphatic heterocycles. The Bertz CT molecular complexity index is 371. The summed E-state index contributed by atoms with van der Waals surface area (Å²) in [7, 11) is 0. The molecule has 1 fully saturated rings. The van der Waals surface area contributed by atoms with Gasteiger partial charge in [0.15, 0.2) is 0 Å². The number of anilines is 2. The molecule has 0 aliphatic carbocycles. The fourth-order valence-electron chi connectivity index (χ4n) is 2.05. The lowest BCUT2D eigenvalue weighted by Crippen LogP contribution is -2.43. The van der Waals surface area contributed by atoms with E-state index in [0.29, 0.717) is 12.5 Å². The van der Waals surface area contributed by atoms with Gasteiger partial charge in [-0.3, -0.25) is 0 Å². The summed E-state index contributed by atoms with van der Waals surface area (Å²) in [5.41, 5.74) is 0.